The molecule has 0 saturated carbocycles. The Hall–Kier alpha value is -2.40. The Balaban J connectivity index is 2.49. The average molecular weight is 204 g/mol. The van der Waals surface area contributed by atoms with Crippen LogP contribution in [0.4, 0.5) is 0 Å². The van der Waals surface area contributed by atoms with Gasteiger partial charge in [-0.15, -0.1) is 0 Å². The number of aromatic nitrogens is 1. The Morgan fingerprint density at radius 3 is 2.69 bits per heavy atom. The van der Waals surface area contributed by atoms with Crippen LogP contribution in [0.2, 0.25) is 0 Å². The minimum atomic E-state index is 0.600. The summed E-state index contributed by atoms with van der Waals surface area (Å²) >= 11 is 0. The van der Waals surface area contributed by atoms with Gasteiger partial charge in [-0.3, -0.25) is 4.98 Å². The van der Waals surface area contributed by atoms with E-state index in [9.17, 15) is 0 Å². The molecule has 0 unspecified atom stereocenters. The fourth-order valence-electron chi connectivity index (χ4n) is 1.93. The highest BCUT2D eigenvalue weighted by Crippen LogP contribution is 2.23. The third kappa shape index (κ3) is 1.23. The van der Waals surface area contributed by atoms with Gasteiger partial charge in [0.05, 0.1) is 11.1 Å². The first kappa shape index (κ1) is 8.87. The van der Waals surface area contributed by atoms with E-state index in [0.717, 1.165) is 16.3 Å². The molecule has 3 aromatic rings. The summed E-state index contributed by atoms with van der Waals surface area (Å²) in [6.07, 6.45) is 1.62. The molecule has 0 bridgehead atoms. The zero-order chi connectivity index (χ0) is 11.0. The second kappa shape index (κ2) is 3.32. The zero-order valence-corrected chi connectivity index (χ0v) is 8.51. The molecular formula is C14H8N2. The lowest BCUT2D eigenvalue weighted by Gasteiger charge is -2.02. The van der Waals surface area contributed by atoms with Crippen molar-refractivity contribution >= 4 is 21.7 Å². The molecular weight excluding hydrogens is 196 g/mol. The molecule has 0 aliphatic rings. The fourth-order valence-corrected chi connectivity index (χ4v) is 1.93. The average Bonchev–Trinajstić information content (AvgIpc) is 2.38. The SMILES string of the molecule is N#Cc1cnc2c(ccc3ccccc32)c1. The van der Waals surface area contributed by atoms with Gasteiger partial charge >= 0.3 is 0 Å². The van der Waals surface area contributed by atoms with E-state index in [1.807, 2.05) is 24.3 Å². The largest absolute Gasteiger partial charge is 0.254 e. The lowest BCUT2D eigenvalue weighted by Crippen LogP contribution is -1.83. The van der Waals surface area contributed by atoms with Crippen LogP contribution in [0.5, 0.6) is 0 Å². The Bertz CT molecular complexity index is 723. The van der Waals surface area contributed by atoms with Gasteiger partial charge in [0.1, 0.15) is 6.07 Å². The molecule has 3 rings (SSSR count). The van der Waals surface area contributed by atoms with Crippen molar-refractivity contribution in [3.63, 3.8) is 0 Å². The number of nitriles is 1. The van der Waals surface area contributed by atoms with Crippen LogP contribution in [-0.4, -0.2) is 4.98 Å². The first-order valence-electron chi connectivity index (χ1n) is 5.06. The Morgan fingerprint density at radius 2 is 1.81 bits per heavy atom. The summed E-state index contributed by atoms with van der Waals surface area (Å²) in [6, 6.07) is 16.2. The number of rotatable bonds is 0. The predicted molar refractivity (Wildman–Crippen MR) is 64.0 cm³/mol. The van der Waals surface area contributed by atoms with E-state index < -0.39 is 0 Å². The van der Waals surface area contributed by atoms with Crippen LogP contribution < -0.4 is 0 Å². The molecule has 0 aliphatic carbocycles. The first-order valence-corrected chi connectivity index (χ1v) is 5.06. The van der Waals surface area contributed by atoms with Gasteiger partial charge in [-0.1, -0.05) is 36.4 Å². The molecule has 0 atom stereocenters. The highest BCUT2D eigenvalue weighted by molar-refractivity contribution is 6.05. The van der Waals surface area contributed by atoms with Gasteiger partial charge in [-0.2, -0.15) is 5.26 Å². The van der Waals surface area contributed by atoms with Crippen molar-refractivity contribution in [1.82, 2.24) is 4.98 Å². The summed E-state index contributed by atoms with van der Waals surface area (Å²) in [7, 11) is 0. The van der Waals surface area contributed by atoms with Gasteiger partial charge in [0.15, 0.2) is 0 Å². The van der Waals surface area contributed by atoms with E-state index in [4.69, 9.17) is 5.26 Å². The van der Waals surface area contributed by atoms with Crippen molar-refractivity contribution in [2.24, 2.45) is 0 Å². The van der Waals surface area contributed by atoms with Crippen LogP contribution in [0, 0.1) is 11.3 Å². The summed E-state index contributed by atoms with van der Waals surface area (Å²) < 4.78 is 0. The number of benzene rings is 2. The van der Waals surface area contributed by atoms with Crippen LogP contribution >= 0.6 is 0 Å². The maximum absolute atomic E-state index is 8.82. The van der Waals surface area contributed by atoms with Crippen molar-refractivity contribution in [3.05, 3.63) is 54.2 Å². The lowest BCUT2D eigenvalue weighted by molar-refractivity contribution is 1.38. The number of pyridine rings is 1. The number of hydrogen-bond acceptors (Lipinski definition) is 2. The topological polar surface area (TPSA) is 36.7 Å². The quantitative estimate of drug-likeness (QED) is 0.527. The minimum Gasteiger partial charge on any atom is -0.254 e. The van der Waals surface area contributed by atoms with E-state index in [-0.39, 0.29) is 0 Å². The maximum atomic E-state index is 8.82. The summed E-state index contributed by atoms with van der Waals surface area (Å²) in [4.78, 5) is 4.36. The van der Waals surface area contributed by atoms with Crippen molar-refractivity contribution in [2.45, 2.75) is 0 Å². The van der Waals surface area contributed by atoms with Crippen LogP contribution in [-0.2, 0) is 0 Å². The molecule has 1 aromatic heterocycles. The van der Waals surface area contributed by atoms with Crippen molar-refractivity contribution in [1.29, 1.82) is 5.26 Å². The first-order chi connectivity index (χ1) is 7.88. The van der Waals surface area contributed by atoms with Gasteiger partial charge in [0.2, 0.25) is 0 Å². The van der Waals surface area contributed by atoms with E-state index in [1.165, 1.54) is 5.39 Å². The third-order valence-corrected chi connectivity index (χ3v) is 2.70. The van der Waals surface area contributed by atoms with Crippen LogP contribution in [0.1, 0.15) is 5.56 Å². The zero-order valence-electron chi connectivity index (χ0n) is 8.51. The summed E-state index contributed by atoms with van der Waals surface area (Å²) in [5, 5.41) is 12.1. The van der Waals surface area contributed by atoms with Gasteiger partial charge in [-0.05, 0) is 11.5 Å². The Morgan fingerprint density at radius 1 is 1.00 bits per heavy atom. The van der Waals surface area contributed by atoms with Crippen LogP contribution in [0.25, 0.3) is 21.7 Å². The van der Waals surface area contributed by atoms with Gasteiger partial charge in [-0.25, -0.2) is 0 Å². The normalized spacial score (nSPS) is 10.4. The minimum absolute atomic E-state index is 0.600. The molecule has 0 fully saturated rings. The highest BCUT2D eigenvalue weighted by Gasteiger charge is 2.01. The Kier molecular flexibility index (Phi) is 1.84. The van der Waals surface area contributed by atoms with Gasteiger partial charge in [0, 0.05) is 17.0 Å². The number of hydrogen-bond donors (Lipinski definition) is 0. The molecule has 0 radical (unpaired) electrons. The second-order valence-electron chi connectivity index (χ2n) is 3.69. The van der Waals surface area contributed by atoms with E-state index in [2.05, 4.69) is 29.3 Å². The number of nitrogens with zero attached hydrogens (tertiary/aromatic N) is 2. The summed E-state index contributed by atoms with van der Waals surface area (Å²) in [6.45, 7) is 0. The fraction of sp³-hybridized carbons (Fsp3) is 0. The molecule has 0 spiro atoms. The molecule has 0 N–H and O–H groups in total. The molecule has 1 heterocycles. The Labute approximate surface area is 92.8 Å². The van der Waals surface area contributed by atoms with Crippen molar-refractivity contribution in [3.8, 4) is 6.07 Å². The summed E-state index contributed by atoms with van der Waals surface area (Å²) in [5.74, 6) is 0. The maximum Gasteiger partial charge on any atom is 0.101 e. The van der Waals surface area contributed by atoms with Gasteiger partial charge in [0.25, 0.3) is 0 Å². The molecule has 0 aliphatic heterocycles. The van der Waals surface area contributed by atoms with Crippen molar-refractivity contribution < 1.29 is 0 Å². The van der Waals surface area contributed by atoms with Crippen molar-refractivity contribution in [2.75, 3.05) is 0 Å². The van der Waals surface area contributed by atoms with Crippen LogP contribution in [0.3, 0.4) is 0 Å². The van der Waals surface area contributed by atoms with Crippen LogP contribution in [0.15, 0.2) is 48.7 Å². The smallest absolute Gasteiger partial charge is 0.101 e. The standard InChI is InChI=1S/C14H8N2/c15-8-10-7-12-6-5-11-3-1-2-4-13(11)14(12)16-9-10/h1-7,9H. The molecule has 16 heavy (non-hydrogen) atoms. The third-order valence-electron chi connectivity index (χ3n) is 2.70. The monoisotopic (exact) mass is 204 g/mol. The molecule has 0 amide bonds. The molecule has 0 saturated heterocycles. The van der Waals surface area contributed by atoms with E-state index in [1.54, 1.807) is 6.20 Å². The molecule has 2 aromatic carbocycles. The second-order valence-corrected chi connectivity index (χ2v) is 3.69. The lowest BCUT2D eigenvalue weighted by atomic mass is 10.1. The molecule has 2 heteroatoms. The van der Waals surface area contributed by atoms with E-state index in [0.29, 0.717) is 5.56 Å². The molecule has 74 valence electrons. The van der Waals surface area contributed by atoms with E-state index >= 15 is 0 Å². The molecule has 2 nitrogen and oxygen atoms in total. The predicted octanol–water partition coefficient (Wildman–Crippen LogP) is 3.26. The van der Waals surface area contributed by atoms with Gasteiger partial charge < -0.3 is 0 Å². The summed E-state index contributed by atoms with van der Waals surface area (Å²) in [5.41, 5.74) is 1.56. The highest BCUT2D eigenvalue weighted by atomic mass is 14.7. The number of fused-ring (bicyclic) bond motifs is 3.